The molecule has 0 heterocycles. The first-order valence-corrected chi connectivity index (χ1v) is 7.97. The largest absolute Gasteiger partial charge is 0.377 e. The molecule has 0 radical (unpaired) electrons. The highest BCUT2D eigenvalue weighted by Gasteiger charge is 2.20. The molecule has 1 N–H and O–H groups in total. The van der Waals surface area contributed by atoms with Gasteiger partial charge in [-0.25, -0.2) is 0 Å². The quantitative estimate of drug-likeness (QED) is 0.523. The number of hydrogen-bond acceptors (Lipinski definition) is 5. The van der Waals surface area contributed by atoms with Crippen LogP contribution in [0.4, 0.5) is 0 Å². The summed E-state index contributed by atoms with van der Waals surface area (Å²) in [6.45, 7) is 14.0. The Labute approximate surface area is 134 Å². The lowest BCUT2D eigenvalue weighted by Crippen LogP contribution is -2.36. The van der Waals surface area contributed by atoms with Crippen LogP contribution in [0.15, 0.2) is 0 Å². The van der Waals surface area contributed by atoms with Crippen LogP contribution in [0.3, 0.4) is 0 Å². The monoisotopic (exact) mass is 319 g/mol. The lowest BCUT2D eigenvalue weighted by Gasteiger charge is -2.17. The van der Waals surface area contributed by atoms with Gasteiger partial charge in [-0.3, -0.25) is 4.79 Å². The summed E-state index contributed by atoms with van der Waals surface area (Å²) >= 11 is 0. The first-order valence-electron chi connectivity index (χ1n) is 7.97. The Bertz CT molecular complexity index is 276. The molecule has 0 saturated heterocycles. The molecule has 0 unspecified atom stereocenters. The molecule has 0 aromatic carbocycles. The highest BCUT2D eigenvalue weighted by atomic mass is 16.6. The van der Waals surface area contributed by atoms with Crippen molar-refractivity contribution in [1.82, 2.24) is 5.32 Å². The molecule has 6 nitrogen and oxygen atoms in total. The van der Waals surface area contributed by atoms with Crippen LogP contribution in [-0.4, -0.2) is 64.8 Å². The van der Waals surface area contributed by atoms with E-state index in [1.54, 1.807) is 0 Å². The van der Waals surface area contributed by atoms with Crippen LogP contribution >= 0.6 is 0 Å². The minimum absolute atomic E-state index is 0.0333. The van der Waals surface area contributed by atoms with E-state index in [-0.39, 0.29) is 17.4 Å². The summed E-state index contributed by atoms with van der Waals surface area (Å²) in [6, 6.07) is 0. The number of rotatable bonds is 13. The van der Waals surface area contributed by atoms with E-state index >= 15 is 0 Å². The third kappa shape index (κ3) is 14.3. The Kier molecular flexibility index (Phi) is 12.4. The lowest BCUT2D eigenvalue weighted by molar-refractivity contribution is -0.128. The van der Waals surface area contributed by atoms with Gasteiger partial charge in [0.15, 0.2) is 0 Å². The molecule has 0 aliphatic carbocycles. The summed E-state index contributed by atoms with van der Waals surface area (Å²) < 4.78 is 21.4. The van der Waals surface area contributed by atoms with Crippen molar-refractivity contribution >= 4 is 5.91 Å². The van der Waals surface area contributed by atoms with Gasteiger partial charge in [-0.15, -0.1) is 0 Å². The van der Waals surface area contributed by atoms with Crippen molar-refractivity contribution in [2.75, 3.05) is 52.8 Å². The summed E-state index contributed by atoms with van der Waals surface area (Å²) in [7, 11) is 0. The van der Waals surface area contributed by atoms with Crippen molar-refractivity contribution in [3.63, 3.8) is 0 Å². The summed E-state index contributed by atoms with van der Waals surface area (Å²) in [6.07, 6.45) is 0.241. The average molecular weight is 319 g/mol. The number of carbonyl (C=O) groups is 1. The molecular weight excluding hydrogens is 286 g/mol. The molecule has 0 atom stereocenters. The summed E-state index contributed by atoms with van der Waals surface area (Å²) in [5.41, 5.74) is -0.358. The van der Waals surface area contributed by atoms with E-state index in [2.05, 4.69) is 5.32 Å². The fraction of sp³-hybridized carbons (Fsp3) is 0.938. The Morgan fingerprint density at radius 1 is 0.864 bits per heavy atom. The molecule has 132 valence electrons. The maximum atomic E-state index is 11.6. The van der Waals surface area contributed by atoms with E-state index in [0.717, 1.165) is 0 Å². The van der Waals surface area contributed by atoms with Crippen LogP contribution in [0.5, 0.6) is 0 Å². The van der Waals surface area contributed by atoms with Gasteiger partial charge in [-0.2, -0.15) is 0 Å². The van der Waals surface area contributed by atoms with Crippen LogP contribution < -0.4 is 5.32 Å². The second-order valence-electron chi connectivity index (χ2n) is 6.26. The minimum atomic E-state index is -0.358. The van der Waals surface area contributed by atoms with Crippen molar-refractivity contribution in [3.05, 3.63) is 0 Å². The average Bonchev–Trinajstić information content (AvgIpc) is 2.42. The lowest BCUT2D eigenvalue weighted by atomic mass is 9.96. The third-order valence-corrected chi connectivity index (χ3v) is 2.64. The zero-order valence-electron chi connectivity index (χ0n) is 14.8. The van der Waals surface area contributed by atoms with Crippen LogP contribution in [0.25, 0.3) is 0 Å². The molecule has 0 aliphatic heterocycles. The van der Waals surface area contributed by atoms with Gasteiger partial charge < -0.3 is 24.3 Å². The Hall–Kier alpha value is -0.690. The molecule has 22 heavy (non-hydrogen) atoms. The molecule has 0 spiro atoms. The molecule has 0 aromatic heterocycles. The van der Waals surface area contributed by atoms with Gasteiger partial charge in [0, 0.05) is 12.0 Å². The van der Waals surface area contributed by atoms with E-state index in [4.69, 9.17) is 18.9 Å². The van der Waals surface area contributed by atoms with Crippen LogP contribution in [-0.2, 0) is 23.7 Å². The van der Waals surface area contributed by atoms with Gasteiger partial charge in [0.1, 0.15) is 0 Å². The fourth-order valence-electron chi connectivity index (χ4n) is 1.39. The van der Waals surface area contributed by atoms with Crippen molar-refractivity contribution in [2.45, 2.75) is 40.7 Å². The summed E-state index contributed by atoms with van der Waals surface area (Å²) in [4.78, 5) is 11.6. The maximum absolute atomic E-state index is 11.6. The smallest absolute Gasteiger partial charge is 0.225 e. The Morgan fingerprint density at radius 2 is 1.32 bits per heavy atom. The van der Waals surface area contributed by atoms with Crippen molar-refractivity contribution in [2.24, 2.45) is 5.41 Å². The van der Waals surface area contributed by atoms with Crippen LogP contribution in [0.2, 0.25) is 0 Å². The highest BCUT2D eigenvalue weighted by molar-refractivity contribution is 5.81. The Balaban J connectivity index is 3.16. The van der Waals surface area contributed by atoms with E-state index in [1.807, 2.05) is 34.6 Å². The second-order valence-corrected chi connectivity index (χ2v) is 6.26. The van der Waals surface area contributed by atoms with Crippen LogP contribution in [0.1, 0.15) is 34.6 Å². The number of amides is 1. The van der Waals surface area contributed by atoms with Gasteiger partial charge in [0.2, 0.25) is 5.91 Å². The van der Waals surface area contributed by atoms with Gasteiger partial charge in [0.05, 0.1) is 52.4 Å². The molecule has 6 heteroatoms. The molecule has 1 amide bonds. The zero-order chi connectivity index (χ0) is 16.8. The van der Waals surface area contributed by atoms with Crippen molar-refractivity contribution < 1.29 is 23.7 Å². The predicted molar refractivity (Wildman–Crippen MR) is 86.0 cm³/mol. The molecule has 0 fully saturated rings. The minimum Gasteiger partial charge on any atom is -0.377 e. The third-order valence-electron chi connectivity index (χ3n) is 2.64. The SMILES string of the molecule is CC(C)OCCOCCOCCOCCNC(=O)C(C)(C)C. The number of hydrogen-bond donors (Lipinski definition) is 1. The number of ether oxygens (including phenoxy) is 4. The van der Waals surface area contributed by atoms with Crippen LogP contribution in [0, 0.1) is 5.41 Å². The van der Waals surface area contributed by atoms with Gasteiger partial charge in [-0.1, -0.05) is 20.8 Å². The summed E-state index contributed by atoms with van der Waals surface area (Å²) in [5.74, 6) is 0.0333. The highest BCUT2D eigenvalue weighted by Crippen LogP contribution is 2.11. The molecule has 0 aliphatic rings. The van der Waals surface area contributed by atoms with E-state index < -0.39 is 0 Å². The maximum Gasteiger partial charge on any atom is 0.225 e. The molecule has 0 bridgehead atoms. The van der Waals surface area contributed by atoms with Gasteiger partial charge in [0.25, 0.3) is 0 Å². The van der Waals surface area contributed by atoms with Crippen molar-refractivity contribution in [1.29, 1.82) is 0 Å². The van der Waals surface area contributed by atoms with E-state index in [1.165, 1.54) is 0 Å². The standard InChI is InChI=1S/C16H33NO5/c1-14(2)22-13-12-21-11-10-20-9-8-19-7-6-17-15(18)16(3,4)5/h14H,6-13H2,1-5H3,(H,17,18). The molecule has 0 saturated carbocycles. The predicted octanol–water partition coefficient (Wildman–Crippen LogP) is 1.62. The second kappa shape index (κ2) is 12.8. The number of carbonyl (C=O) groups excluding carboxylic acids is 1. The summed E-state index contributed by atoms with van der Waals surface area (Å²) in [5, 5.41) is 2.82. The molecule has 0 aromatic rings. The number of nitrogens with one attached hydrogen (secondary N) is 1. The molecule has 0 rings (SSSR count). The van der Waals surface area contributed by atoms with E-state index in [9.17, 15) is 4.79 Å². The van der Waals surface area contributed by atoms with E-state index in [0.29, 0.717) is 52.8 Å². The molecular formula is C16H33NO5. The zero-order valence-corrected chi connectivity index (χ0v) is 14.8. The van der Waals surface area contributed by atoms with Gasteiger partial charge in [-0.05, 0) is 13.8 Å². The normalized spacial score (nSPS) is 11.9. The first-order chi connectivity index (χ1) is 10.3. The van der Waals surface area contributed by atoms with Crippen molar-refractivity contribution in [3.8, 4) is 0 Å². The van der Waals surface area contributed by atoms with Gasteiger partial charge >= 0.3 is 0 Å². The Morgan fingerprint density at radius 3 is 1.77 bits per heavy atom. The first kappa shape index (κ1) is 21.3. The fourth-order valence-corrected chi connectivity index (χ4v) is 1.39. The topological polar surface area (TPSA) is 66.0 Å².